The third-order valence-corrected chi connectivity index (χ3v) is 3.33. The van der Waals surface area contributed by atoms with Gasteiger partial charge < -0.3 is 10.6 Å². The van der Waals surface area contributed by atoms with Crippen LogP contribution in [-0.4, -0.2) is 19.6 Å². The van der Waals surface area contributed by atoms with E-state index in [9.17, 15) is 4.39 Å². The molecule has 0 fully saturated rings. The molecular formula is C14H23FN2. The Morgan fingerprint density at radius 1 is 1.29 bits per heavy atom. The first-order chi connectivity index (χ1) is 8.13. The van der Waals surface area contributed by atoms with Crippen molar-refractivity contribution in [1.29, 1.82) is 0 Å². The van der Waals surface area contributed by atoms with Crippen LogP contribution in [0.2, 0.25) is 0 Å². The maximum absolute atomic E-state index is 13.2. The van der Waals surface area contributed by atoms with Crippen LogP contribution in [0.15, 0.2) is 18.2 Å². The lowest BCUT2D eigenvalue weighted by molar-refractivity contribution is 0.587. The van der Waals surface area contributed by atoms with Gasteiger partial charge in [-0.15, -0.1) is 0 Å². The largest absolute Gasteiger partial charge is 0.371 e. The summed E-state index contributed by atoms with van der Waals surface area (Å²) in [6, 6.07) is 5.48. The third kappa shape index (κ3) is 3.43. The number of nitrogens with two attached hydrogens (primary N) is 1. The first kappa shape index (κ1) is 14.0. The smallest absolute Gasteiger partial charge is 0.123 e. The molecule has 1 aromatic rings. The van der Waals surface area contributed by atoms with Gasteiger partial charge in [-0.3, -0.25) is 0 Å². The number of halogens is 1. The summed E-state index contributed by atoms with van der Waals surface area (Å²) < 4.78 is 13.2. The summed E-state index contributed by atoms with van der Waals surface area (Å²) in [5, 5.41) is 0. The molecule has 0 amide bonds. The van der Waals surface area contributed by atoms with Crippen LogP contribution in [0.4, 0.5) is 10.1 Å². The fraction of sp³-hybridized carbons (Fsp3) is 0.571. The Hall–Kier alpha value is -1.09. The molecule has 0 radical (unpaired) electrons. The molecule has 2 nitrogen and oxygen atoms in total. The predicted octanol–water partition coefficient (Wildman–Crippen LogP) is 2.95. The molecule has 0 unspecified atom stereocenters. The van der Waals surface area contributed by atoms with Crippen molar-refractivity contribution >= 4 is 5.69 Å². The van der Waals surface area contributed by atoms with E-state index in [-0.39, 0.29) is 5.82 Å². The Bertz CT molecular complexity index is 348. The average Bonchev–Trinajstić information content (AvgIpc) is 2.31. The van der Waals surface area contributed by atoms with E-state index >= 15 is 0 Å². The van der Waals surface area contributed by atoms with E-state index in [1.165, 1.54) is 6.07 Å². The van der Waals surface area contributed by atoms with E-state index in [2.05, 4.69) is 25.8 Å². The SMILES string of the molecule is CCC(CC)N(C)c1ccc(F)cc1CCN. The summed E-state index contributed by atoms with van der Waals surface area (Å²) in [6.45, 7) is 4.90. The summed E-state index contributed by atoms with van der Waals surface area (Å²) in [5.74, 6) is -0.185. The lowest BCUT2D eigenvalue weighted by atomic mass is 10.0. The fourth-order valence-electron chi connectivity index (χ4n) is 2.29. The van der Waals surface area contributed by atoms with Gasteiger partial charge in [0, 0.05) is 18.8 Å². The molecule has 3 heteroatoms. The van der Waals surface area contributed by atoms with Gasteiger partial charge in [0.1, 0.15) is 5.82 Å². The van der Waals surface area contributed by atoms with Crippen LogP contribution in [0.3, 0.4) is 0 Å². The second kappa shape index (κ2) is 6.60. The molecule has 0 spiro atoms. The second-order valence-electron chi connectivity index (χ2n) is 4.39. The molecule has 17 heavy (non-hydrogen) atoms. The van der Waals surface area contributed by atoms with Crippen LogP contribution in [0.1, 0.15) is 32.3 Å². The van der Waals surface area contributed by atoms with E-state index in [1.54, 1.807) is 6.07 Å². The van der Waals surface area contributed by atoms with Crippen molar-refractivity contribution in [2.75, 3.05) is 18.5 Å². The zero-order valence-corrected chi connectivity index (χ0v) is 11.0. The second-order valence-corrected chi connectivity index (χ2v) is 4.39. The topological polar surface area (TPSA) is 29.3 Å². The standard InChI is InChI=1S/C14H23FN2/c1-4-13(5-2)17(3)14-7-6-12(15)10-11(14)8-9-16/h6-7,10,13H,4-5,8-9,16H2,1-3H3. The molecule has 2 N–H and O–H groups in total. The van der Waals surface area contributed by atoms with Crippen LogP contribution in [0.5, 0.6) is 0 Å². The normalized spacial score (nSPS) is 10.9. The third-order valence-electron chi connectivity index (χ3n) is 3.33. The Balaban J connectivity index is 3.02. The maximum Gasteiger partial charge on any atom is 0.123 e. The van der Waals surface area contributed by atoms with Gasteiger partial charge in [0.2, 0.25) is 0 Å². The van der Waals surface area contributed by atoms with Crippen molar-refractivity contribution in [1.82, 2.24) is 0 Å². The molecule has 0 aliphatic heterocycles. The summed E-state index contributed by atoms with van der Waals surface area (Å²) in [7, 11) is 2.07. The van der Waals surface area contributed by atoms with Gasteiger partial charge in [0.25, 0.3) is 0 Å². The first-order valence-corrected chi connectivity index (χ1v) is 6.35. The number of nitrogens with zero attached hydrogens (tertiary/aromatic N) is 1. The highest BCUT2D eigenvalue weighted by atomic mass is 19.1. The van der Waals surface area contributed by atoms with Gasteiger partial charge in [-0.25, -0.2) is 4.39 Å². The van der Waals surface area contributed by atoms with Crippen molar-refractivity contribution in [2.24, 2.45) is 5.73 Å². The van der Waals surface area contributed by atoms with Crippen LogP contribution in [0, 0.1) is 5.82 Å². The summed E-state index contributed by atoms with van der Waals surface area (Å²) >= 11 is 0. The Morgan fingerprint density at radius 2 is 1.94 bits per heavy atom. The van der Waals surface area contributed by atoms with Gasteiger partial charge >= 0.3 is 0 Å². The molecule has 0 heterocycles. The number of hydrogen-bond donors (Lipinski definition) is 1. The van der Waals surface area contributed by atoms with Gasteiger partial charge in [-0.05, 0) is 49.6 Å². The average molecular weight is 238 g/mol. The minimum absolute atomic E-state index is 0.185. The molecule has 0 aliphatic carbocycles. The van der Waals surface area contributed by atoms with Gasteiger partial charge in [0.15, 0.2) is 0 Å². The van der Waals surface area contributed by atoms with E-state index in [4.69, 9.17) is 5.73 Å². The Morgan fingerprint density at radius 3 is 2.47 bits per heavy atom. The van der Waals surface area contributed by atoms with Crippen molar-refractivity contribution in [2.45, 2.75) is 39.2 Å². The van der Waals surface area contributed by atoms with E-state index < -0.39 is 0 Å². The van der Waals surface area contributed by atoms with Gasteiger partial charge in [0.05, 0.1) is 0 Å². The molecule has 0 aromatic heterocycles. The minimum atomic E-state index is -0.185. The van der Waals surface area contributed by atoms with Gasteiger partial charge in [-0.2, -0.15) is 0 Å². The fourth-order valence-corrected chi connectivity index (χ4v) is 2.29. The quantitative estimate of drug-likeness (QED) is 0.825. The molecule has 1 rings (SSSR count). The monoisotopic (exact) mass is 238 g/mol. The minimum Gasteiger partial charge on any atom is -0.371 e. The van der Waals surface area contributed by atoms with E-state index in [0.717, 1.165) is 30.5 Å². The van der Waals surface area contributed by atoms with Crippen LogP contribution < -0.4 is 10.6 Å². The first-order valence-electron chi connectivity index (χ1n) is 6.35. The molecule has 96 valence electrons. The molecule has 0 bridgehead atoms. The molecule has 1 aromatic carbocycles. The molecule has 0 saturated heterocycles. The number of benzene rings is 1. The van der Waals surface area contributed by atoms with Crippen molar-refractivity contribution in [3.8, 4) is 0 Å². The lowest BCUT2D eigenvalue weighted by Crippen LogP contribution is -2.31. The van der Waals surface area contributed by atoms with Crippen LogP contribution >= 0.6 is 0 Å². The zero-order chi connectivity index (χ0) is 12.8. The lowest BCUT2D eigenvalue weighted by Gasteiger charge is -2.30. The number of rotatable bonds is 6. The Labute approximate surface area is 104 Å². The highest BCUT2D eigenvalue weighted by Gasteiger charge is 2.14. The number of hydrogen-bond acceptors (Lipinski definition) is 2. The highest BCUT2D eigenvalue weighted by molar-refractivity contribution is 5.54. The van der Waals surface area contributed by atoms with Crippen molar-refractivity contribution in [3.05, 3.63) is 29.6 Å². The molecule has 0 atom stereocenters. The number of anilines is 1. The zero-order valence-electron chi connectivity index (χ0n) is 11.0. The highest BCUT2D eigenvalue weighted by Crippen LogP contribution is 2.24. The molecule has 0 aliphatic rings. The van der Waals surface area contributed by atoms with Gasteiger partial charge in [-0.1, -0.05) is 13.8 Å². The van der Waals surface area contributed by atoms with E-state index in [0.29, 0.717) is 12.6 Å². The van der Waals surface area contributed by atoms with Crippen LogP contribution in [-0.2, 0) is 6.42 Å². The summed E-state index contributed by atoms with van der Waals surface area (Å²) in [5.41, 5.74) is 7.68. The Kier molecular flexibility index (Phi) is 5.42. The maximum atomic E-state index is 13.2. The summed E-state index contributed by atoms with van der Waals surface area (Å²) in [6.07, 6.45) is 2.90. The summed E-state index contributed by atoms with van der Waals surface area (Å²) in [4.78, 5) is 2.24. The van der Waals surface area contributed by atoms with Crippen molar-refractivity contribution < 1.29 is 4.39 Å². The molecular weight excluding hydrogens is 215 g/mol. The molecule has 0 saturated carbocycles. The van der Waals surface area contributed by atoms with E-state index in [1.807, 2.05) is 6.07 Å². The van der Waals surface area contributed by atoms with Crippen molar-refractivity contribution in [3.63, 3.8) is 0 Å². The predicted molar refractivity (Wildman–Crippen MR) is 71.9 cm³/mol. The van der Waals surface area contributed by atoms with Crippen LogP contribution in [0.25, 0.3) is 0 Å².